The van der Waals surface area contributed by atoms with Crippen LogP contribution in [0, 0.1) is 0 Å². The SMILES string of the molecule is COCc1cccc(NC(=O)NC(=O)CCl)c1. The Labute approximate surface area is 104 Å². The van der Waals surface area contributed by atoms with Crippen molar-refractivity contribution < 1.29 is 14.3 Å². The molecule has 2 N–H and O–H groups in total. The van der Waals surface area contributed by atoms with Crippen LogP contribution >= 0.6 is 11.6 Å². The fourth-order valence-electron chi connectivity index (χ4n) is 1.23. The van der Waals surface area contributed by atoms with Gasteiger partial charge in [-0.15, -0.1) is 11.6 Å². The molecule has 0 spiro atoms. The van der Waals surface area contributed by atoms with E-state index in [4.69, 9.17) is 16.3 Å². The molecule has 17 heavy (non-hydrogen) atoms. The van der Waals surface area contributed by atoms with E-state index >= 15 is 0 Å². The first kappa shape index (κ1) is 13.5. The fraction of sp³-hybridized carbons (Fsp3) is 0.273. The van der Waals surface area contributed by atoms with E-state index in [9.17, 15) is 9.59 Å². The number of hydrogen-bond acceptors (Lipinski definition) is 3. The quantitative estimate of drug-likeness (QED) is 0.806. The van der Waals surface area contributed by atoms with Crippen LogP contribution in [0.2, 0.25) is 0 Å². The maximum atomic E-state index is 11.3. The summed E-state index contributed by atoms with van der Waals surface area (Å²) >= 11 is 5.26. The van der Waals surface area contributed by atoms with Crippen molar-refractivity contribution in [3.63, 3.8) is 0 Å². The van der Waals surface area contributed by atoms with Gasteiger partial charge in [-0.2, -0.15) is 0 Å². The van der Waals surface area contributed by atoms with Crippen LogP contribution in [0.4, 0.5) is 10.5 Å². The Hall–Kier alpha value is -1.59. The summed E-state index contributed by atoms with van der Waals surface area (Å²) in [5.41, 5.74) is 1.51. The molecule has 0 aliphatic heterocycles. The summed E-state index contributed by atoms with van der Waals surface area (Å²) < 4.78 is 4.97. The number of imide groups is 1. The molecular formula is C11H13ClN2O3. The summed E-state index contributed by atoms with van der Waals surface area (Å²) in [6, 6.07) is 6.52. The number of halogens is 1. The second kappa shape index (κ2) is 6.88. The van der Waals surface area contributed by atoms with Crippen LogP contribution in [0.1, 0.15) is 5.56 Å². The number of anilines is 1. The first-order valence-corrected chi connectivity index (χ1v) is 5.44. The van der Waals surface area contributed by atoms with Crippen molar-refractivity contribution in [1.29, 1.82) is 0 Å². The molecule has 0 radical (unpaired) electrons. The predicted molar refractivity (Wildman–Crippen MR) is 65.0 cm³/mol. The minimum Gasteiger partial charge on any atom is -0.380 e. The fourth-order valence-corrected chi connectivity index (χ4v) is 1.29. The van der Waals surface area contributed by atoms with Crippen LogP contribution in [0.5, 0.6) is 0 Å². The average Bonchev–Trinajstić information content (AvgIpc) is 2.29. The number of nitrogens with one attached hydrogen (secondary N) is 2. The molecule has 92 valence electrons. The van der Waals surface area contributed by atoms with Crippen molar-refractivity contribution in [2.45, 2.75) is 6.61 Å². The molecule has 0 aliphatic carbocycles. The summed E-state index contributed by atoms with van der Waals surface area (Å²) in [6.07, 6.45) is 0. The highest BCUT2D eigenvalue weighted by Gasteiger charge is 2.06. The van der Waals surface area contributed by atoms with Crippen LogP contribution in [-0.2, 0) is 16.1 Å². The van der Waals surface area contributed by atoms with Gasteiger partial charge in [0.1, 0.15) is 5.88 Å². The molecule has 1 aromatic rings. The van der Waals surface area contributed by atoms with Crippen LogP contribution < -0.4 is 10.6 Å². The van der Waals surface area contributed by atoms with Crippen molar-refractivity contribution in [2.75, 3.05) is 18.3 Å². The summed E-state index contributed by atoms with van der Waals surface area (Å²) in [7, 11) is 1.59. The Balaban J connectivity index is 2.58. The van der Waals surface area contributed by atoms with E-state index in [1.807, 2.05) is 6.07 Å². The zero-order valence-electron chi connectivity index (χ0n) is 9.33. The lowest BCUT2D eigenvalue weighted by atomic mass is 10.2. The normalized spacial score (nSPS) is 9.76. The smallest absolute Gasteiger partial charge is 0.325 e. The van der Waals surface area contributed by atoms with Gasteiger partial charge in [-0.25, -0.2) is 4.79 Å². The molecule has 6 heteroatoms. The molecule has 0 atom stereocenters. The van der Waals surface area contributed by atoms with E-state index in [0.717, 1.165) is 5.56 Å². The average molecular weight is 257 g/mol. The van der Waals surface area contributed by atoms with Crippen molar-refractivity contribution in [3.05, 3.63) is 29.8 Å². The predicted octanol–water partition coefficient (Wildman–Crippen LogP) is 1.72. The minimum atomic E-state index is -0.606. The number of amides is 3. The highest BCUT2D eigenvalue weighted by Crippen LogP contribution is 2.11. The summed E-state index contributed by atoms with van der Waals surface area (Å²) in [4.78, 5) is 22.2. The third-order valence-corrected chi connectivity index (χ3v) is 2.11. The van der Waals surface area contributed by atoms with E-state index in [1.54, 1.807) is 25.3 Å². The number of urea groups is 1. The monoisotopic (exact) mass is 256 g/mol. The number of carbonyl (C=O) groups excluding carboxylic acids is 2. The lowest BCUT2D eigenvalue weighted by Gasteiger charge is -2.07. The van der Waals surface area contributed by atoms with E-state index < -0.39 is 11.9 Å². The Morgan fingerprint density at radius 2 is 2.18 bits per heavy atom. The molecule has 3 amide bonds. The van der Waals surface area contributed by atoms with Gasteiger partial charge in [0.15, 0.2) is 0 Å². The van der Waals surface area contributed by atoms with Gasteiger partial charge in [-0.05, 0) is 17.7 Å². The third kappa shape index (κ3) is 4.84. The Morgan fingerprint density at radius 3 is 2.82 bits per heavy atom. The van der Waals surface area contributed by atoms with Gasteiger partial charge in [-0.3, -0.25) is 10.1 Å². The van der Waals surface area contributed by atoms with Crippen molar-refractivity contribution in [3.8, 4) is 0 Å². The van der Waals surface area contributed by atoms with Gasteiger partial charge >= 0.3 is 6.03 Å². The zero-order valence-corrected chi connectivity index (χ0v) is 10.1. The van der Waals surface area contributed by atoms with Gasteiger partial charge in [0.05, 0.1) is 6.61 Å². The van der Waals surface area contributed by atoms with Gasteiger partial charge in [-0.1, -0.05) is 12.1 Å². The Kier molecular flexibility index (Phi) is 5.45. The second-order valence-corrected chi connectivity index (χ2v) is 3.54. The molecule has 1 aromatic carbocycles. The molecule has 1 rings (SSSR count). The van der Waals surface area contributed by atoms with Crippen LogP contribution in [0.15, 0.2) is 24.3 Å². The number of benzene rings is 1. The standard InChI is InChI=1S/C11H13ClN2O3/c1-17-7-8-3-2-4-9(5-8)13-11(16)14-10(15)6-12/h2-5H,6-7H2,1H3,(H2,13,14,15,16). The Bertz CT molecular complexity index is 409. The van der Waals surface area contributed by atoms with E-state index in [2.05, 4.69) is 10.6 Å². The van der Waals surface area contributed by atoms with Crippen molar-refractivity contribution >= 4 is 29.2 Å². The maximum Gasteiger partial charge on any atom is 0.325 e. The molecule has 0 unspecified atom stereocenters. The summed E-state index contributed by atoms with van der Waals surface area (Å²) in [5, 5.41) is 4.60. The molecule has 0 bridgehead atoms. The first-order valence-electron chi connectivity index (χ1n) is 4.90. The van der Waals surface area contributed by atoms with Gasteiger partial charge in [0.2, 0.25) is 5.91 Å². The van der Waals surface area contributed by atoms with Gasteiger partial charge < -0.3 is 10.1 Å². The molecule has 0 heterocycles. The zero-order chi connectivity index (χ0) is 12.7. The topological polar surface area (TPSA) is 67.4 Å². The van der Waals surface area contributed by atoms with E-state index in [-0.39, 0.29) is 5.88 Å². The van der Waals surface area contributed by atoms with Crippen LogP contribution in [0.25, 0.3) is 0 Å². The van der Waals surface area contributed by atoms with Gasteiger partial charge in [0.25, 0.3) is 0 Å². The first-order chi connectivity index (χ1) is 8.15. The Morgan fingerprint density at radius 1 is 1.41 bits per heavy atom. The number of rotatable bonds is 4. The molecule has 0 saturated carbocycles. The molecule has 0 aromatic heterocycles. The number of carbonyl (C=O) groups is 2. The third-order valence-electron chi connectivity index (χ3n) is 1.87. The van der Waals surface area contributed by atoms with Crippen LogP contribution in [-0.4, -0.2) is 24.9 Å². The number of ether oxygens (including phenoxy) is 1. The highest BCUT2D eigenvalue weighted by molar-refractivity contribution is 6.28. The summed E-state index contributed by atoms with van der Waals surface area (Å²) in [5.74, 6) is -0.797. The largest absolute Gasteiger partial charge is 0.380 e. The number of alkyl halides is 1. The lowest BCUT2D eigenvalue weighted by molar-refractivity contribution is -0.117. The lowest BCUT2D eigenvalue weighted by Crippen LogP contribution is -2.35. The number of methoxy groups -OCH3 is 1. The molecule has 0 fully saturated rings. The maximum absolute atomic E-state index is 11.3. The number of hydrogen-bond donors (Lipinski definition) is 2. The molecular weight excluding hydrogens is 244 g/mol. The highest BCUT2D eigenvalue weighted by atomic mass is 35.5. The molecule has 0 saturated heterocycles. The minimum absolute atomic E-state index is 0.253. The molecule has 0 aliphatic rings. The van der Waals surface area contributed by atoms with Crippen molar-refractivity contribution in [1.82, 2.24) is 5.32 Å². The molecule has 5 nitrogen and oxygen atoms in total. The van der Waals surface area contributed by atoms with Gasteiger partial charge in [0, 0.05) is 12.8 Å². The van der Waals surface area contributed by atoms with E-state index in [0.29, 0.717) is 12.3 Å². The second-order valence-electron chi connectivity index (χ2n) is 3.27. The van der Waals surface area contributed by atoms with E-state index in [1.165, 1.54) is 0 Å². The van der Waals surface area contributed by atoms with Crippen molar-refractivity contribution in [2.24, 2.45) is 0 Å². The van der Waals surface area contributed by atoms with Crippen LogP contribution in [0.3, 0.4) is 0 Å². The summed E-state index contributed by atoms with van der Waals surface area (Å²) in [6.45, 7) is 0.456.